The molecule has 1 unspecified atom stereocenters. The number of amides is 2. The summed E-state index contributed by atoms with van der Waals surface area (Å²) in [5.41, 5.74) is 6.23. The molecular weight excluding hydrogens is 509 g/mol. The van der Waals surface area contributed by atoms with Crippen LogP contribution in [-0.2, 0) is 11.3 Å². The van der Waals surface area contributed by atoms with Gasteiger partial charge in [0.1, 0.15) is 5.60 Å². The molecule has 1 aromatic rings. The average molecular weight is 547 g/mol. The number of alkyl carbamates (subject to hydrolysis) is 1. The summed E-state index contributed by atoms with van der Waals surface area (Å²) in [6, 6.07) is 7.16. The first kappa shape index (κ1) is 29.0. The Balaban J connectivity index is 0.00000900. The van der Waals surface area contributed by atoms with Crippen molar-refractivity contribution in [3.8, 4) is 0 Å². The molecule has 0 aliphatic heterocycles. The Labute approximate surface area is 203 Å². The number of guanidine groups is 1. The summed E-state index contributed by atoms with van der Waals surface area (Å²) in [6.07, 6.45) is 0.339. The van der Waals surface area contributed by atoms with E-state index in [1.807, 2.05) is 38.8 Å². The van der Waals surface area contributed by atoms with Crippen molar-refractivity contribution in [2.75, 3.05) is 20.6 Å². The normalized spacial score (nSPS) is 12.6. The van der Waals surface area contributed by atoms with Crippen molar-refractivity contribution in [2.24, 2.45) is 16.6 Å². The molecule has 176 valence electrons. The molecule has 1 aromatic carbocycles. The number of benzene rings is 1. The van der Waals surface area contributed by atoms with Gasteiger partial charge in [0.05, 0.1) is 0 Å². The monoisotopic (exact) mass is 547 g/mol. The number of hydrogen-bond acceptors (Lipinski definition) is 4. The van der Waals surface area contributed by atoms with Crippen LogP contribution in [0.15, 0.2) is 29.3 Å². The summed E-state index contributed by atoms with van der Waals surface area (Å²) >= 11 is 0. The van der Waals surface area contributed by atoms with Gasteiger partial charge in [0.25, 0.3) is 0 Å². The molecule has 0 saturated heterocycles. The largest absolute Gasteiger partial charge is 0.444 e. The van der Waals surface area contributed by atoms with Gasteiger partial charge in [0.2, 0.25) is 5.91 Å². The standard InChI is InChI=1S/C22H37N5O3.HI/c1-15(2)18(26-21(29)30-22(3,4)5)11-12-27(7)20(24-6)25-14-16-9-8-10-17(13-16)19(23)28;/h8-10,13,15,18H,11-12,14H2,1-7H3,(H2,23,28)(H,24,25)(H,26,29);1H. The molecule has 0 aliphatic rings. The number of rotatable bonds is 8. The van der Waals surface area contributed by atoms with Crippen LogP contribution in [-0.4, -0.2) is 55.1 Å². The summed E-state index contributed by atoms with van der Waals surface area (Å²) in [6.45, 7) is 10.9. The first-order chi connectivity index (χ1) is 13.9. The molecule has 31 heavy (non-hydrogen) atoms. The number of hydrogen-bond donors (Lipinski definition) is 3. The van der Waals surface area contributed by atoms with Crippen molar-refractivity contribution in [1.29, 1.82) is 0 Å². The summed E-state index contributed by atoms with van der Waals surface area (Å²) in [7, 11) is 3.66. The van der Waals surface area contributed by atoms with Gasteiger partial charge in [0.15, 0.2) is 5.96 Å². The molecule has 0 aromatic heterocycles. The van der Waals surface area contributed by atoms with E-state index in [-0.39, 0.29) is 35.9 Å². The van der Waals surface area contributed by atoms with Crippen LogP contribution in [0.25, 0.3) is 0 Å². The topological polar surface area (TPSA) is 109 Å². The lowest BCUT2D eigenvalue weighted by molar-refractivity contribution is 0.0485. The second-order valence-electron chi connectivity index (χ2n) is 8.67. The van der Waals surface area contributed by atoms with E-state index in [1.54, 1.807) is 25.2 Å². The molecule has 2 amide bonds. The van der Waals surface area contributed by atoms with E-state index >= 15 is 0 Å². The Morgan fingerprint density at radius 3 is 2.42 bits per heavy atom. The lowest BCUT2D eigenvalue weighted by Crippen LogP contribution is -2.45. The van der Waals surface area contributed by atoms with Crippen LogP contribution in [0.2, 0.25) is 0 Å². The number of ether oxygens (including phenoxy) is 1. The Kier molecular flexibility index (Phi) is 12.5. The minimum absolute atomic E-state index is 0. The Bertz CT molecular complexity index is 747. The first-order valence-corrected chi connectivity index (χ1v) is 10.2. The summed E-state index contributed by atoms with van der Waals surface area (Å²) in [4.78, 5) is 29.8. The quantitative estimate of drug-likeness (QED) is 0.263. The second-order valence-corrected chi connectivity index (χ2v) is 8.67. The maximum atomic E-state index is 12.1. The highest BCUT2D eigenvalue weighted by Gasteiger charge is 2.22. The van der Waals surface area contributed by atoms with Gasteiger partial charge in [-0.3, -0.25) is 9.79 Å². The zero-order valence-corrected chi connectivity index (χ0v) is 22.0. The fourth-order valence-corrected chi connectivity index (χ4v) is 2.87. The van der Waals surface area contributed by atoms with Crippen LogP contribution in [0.5, 0.6) is 0 Å². The van der Waals surface area contributed by atoms with Crippen LogP contribution in [0.3, 0.4) is 0 Å². The van der Waals surface area contributed by atoms with E-state index in [0.29, 0.717) is 18.7 Å². The Hall–Kier alpha value is -2.04. The van der Waals surface area contributed by atoms with Crippen molar-refractivity contribution in [2.45, 2.75) is 59.2 Å². The van der Waals surface area contributed by atoms with Gasteiger partial charge in [-0.05, 0) is 50.8 Å². The lowest BCUT2D eigenvalue weighted by Gasteiger charge is -2.28. The number of aliphatic imine (C=N–C) groups is 1. The highest BCUT2D eigenvalue weighted by Crippen LogP contribution is 2.11. The van der Waals surface area contributed by atoms with E-state index in [1.165, 1.54) is 0 Å². The number of primary amides is 1. The number of nitrogens with zero attached hydrogens (tertiary/aromatic N) is 2. The molecule has 9 heteroatoms. The van der Waals surface area contributed by atoms with Crippen molar-refractivity contribution < 1.29 is 14.3 Å². The molecule has 1 rings (SSSR count). The molecule has 0 aliphatic carbocycles. The van der Waals surface area contributed by atoms with E-state index in [4.69, 9.17) is 10.5 Å². The fourth-order valence-electron chi connectivity index (χ4n) is 2.87. The molecule has 4 N–H and O–H groups in total. The van der Waals surface area contributed by atoms with Crippen LogP contribution >= 0.6 is 24.0 Å². The second kappa shape index (κ2) is 13.4. The van der Waals surface area contributed by atoms with Gasteiger partial charge >= 0.3 is 6.09 Å². The van der Waals surface area contributed by atoms with E-state index in [9.17, 15) is 9.59 Å². The molecule has 0 radical (unpaired) electrons. The Morgan fingerprint density at radius 2 is 1.90 bits per heavy atom. The van der Waals surface area contributed by atoms with Gasteiger partial charge < -0.3 is 26.0 Å². The number of carbonyl (C=O) groups is 2. The predicted molar refractivity (Wildman–Crippen MR) is 136 cm³/mol. The lowest BCUT2D eigenvalue weighted by atomic mass is 10.0. The third-order valence-electron chi connectivity index (χ3n) is 4.52. The number of nitrogens with one attached hydrogen (secondary N) is 2. The highest BCUT2D eigenvalue weighted by molar-refractivity contribution is 14.0. The zero-order chi connectivity index (χ0) is 22.9. The van der Waals surface area contributed by atoms with Gasteiger partial charge in [0, 0.05) is 38.8 Å². The van der Waals surface area contributed by atoms with Crippen molar-refractivity contribution in [1.82, 2.24) is 15.5 Å². The molecular formula is C22H38IN5O3. The summed E-state index contributed by atoms with van der Waals surface area (Å²) in [5, 5.41) is 6.26. The first-order valence-electron chi connectivity index (χ1n) is 10.2. The fraction of sp³-hybridized carbons (Fsp3) is 0.591. The predicted octanol–water partition coefficient (Wildman–Crippen LogP) is 3.35. The van der Waals surface area contributed by atoms with Crippen molar-refractivity contribution >= 4 is 41.9 Å². The van der Waals surface area contributed by atoms with Crippen molar-refractivity contribution in [3.63, 3.8) is 0 Å². The smallest absolute Gasteiger partial charge is 0.407 e. The minimum atomic E-state index is -0.528. The van der Waals surface area contributed by atoms with Gasteiger partial charge in [-0.2, -0.15) is 0 Å². The third kappa shape index (κ3) is 11.2. The maximum absolute atomic E-state index is 12.1. The summed E-state index contributed by atoms with van der Waals surface area (Å²) in [5.74, 6) is 0.534. The van der Waals surface area contributed by atoms with E-state index in [0.717, 1.165) is 17.9 Å². The zero-order valence-electron chi connectivity index (χ0n) is 19.7. The van der Waals surface area contributed by atoms with E-state index < -0.39 is 17.6 Å². The average Bonchev–Trinajstić information content (AvgIpc) is 2.64. The van der Waals surface area contributed by atoms with Crippen molar-refractivity contribution in [3.05, 3.63) is 35.4 Å². The van der Waals surface area contributed by atoms with Gasteiger partial charge in [-0.15, -0.1) is 24.0 Å². The number of nitrogens with two attached hydrogens (primary N) is 1. The van der Waals surface area contributed by atoms with Crippen LogP contribution < -0.4 is 16.4 Å². The van der Waals surface area contributed by atoms with Crippen LogP contribution in [0, 0.1) is 5.92 Å². The van der Waals surface area contributed by atoms with Crippen LogP contribution in [0.1, 0.15) is 57.0 Å². The van der Waals surface area contributed by atoms with Gasteiger partial charge in [-0.1, -0.05) is 26.0 Å². The third-order valence-corrected chi connectivity index (χ3v) is 4.52. The number of carbonyl (C=O) groups excluding carboxylic acids is 2. The summed E-state index contributed by atoms with van der Waals surface area (Å²) < 4.78 is 5.38. The number of halogens is 1. The molecule has 0 saturated carbocycles. The highest BCUT2D eigenvalue weighted by atomic mass is 127. The Morgan fingerprint density at radius 1 is 1.26 bits per heavy atom. The molecule has 0 bridgehead atoms. The maximum Gasteiger partial charge on any atom is 0.407 e. The molecule has 0 spiro atoms. The van der Waals surface area contributed by atoms with E-state index in [2.05, 4.69) is 29.5 Å². The molecule has 8 nitrogen and oxygen atoms in total. The molecule has 1 atom stereocenters. The minimum Gasteiger partial charge on any atom is -0.444 e. The molecule has 0 fully saturated rings. The SMILES string of the molecule is CN=C(NCc1cccc(C(N)=O)c1)N(C)CCC(NC(=O)OC(C)(C)C)C(C)C.I. The van der Waals surface area contributed by atoms with Crippen LogP contribution in [0.4, 0.5) is 4.79 Å². The van der Waals surface area contributed by atoms with Gasteiger partial charge in [-0.25, -0.2) is 4.79 Å². The molecule has 0 heterocycles.